The fourth-order valence-corrected chi connectivity index (χ4v) is 8.75. The number of aliphatic hydroxyl groups is 4. The van der Waals surface area contributed by atoms with Gasteiger partial charge in [0.05, 0.1) is 18.3 Å². The van der Waals surface area contributed by atoms with Crippen molar-refractivity contribution in [3.8, 4) is 0 Å². The lowest BCUT2D eigenvalue weighted by Crippen LogP contribution is -2.62. The molecule has 4 fully saturated rings. The lowest BCUT2D eigenvalue weighted by Gasteiger charge is -2.63. The van der Waals surface area contributed by atoms with Crippen molar-refractivity contribution in [1.82, 2.24) is 0 Å². The lowest BCUT2D eigenvalue weighted by atomic mass is 9.43. The van der Waals surface area contributed by atoms with Crippen molar-refractivity contribution in [2.45, 2.75) is 96.9 Å². The van der Waals surface area contributed by atoms with Gasteiger partial charge in [-0.15, -0.1) is 0 Å². The van der Waals surface area contributed by atoms with E-state index in [0.29, 0.717) is 35.5 Å². The van der Waals surface area contributed by atoms with E-state index in [1.807, 2.05) is 0 Å². The Morgan fingerprint density at radius 2 is 1.71 bits per heavy atom. The molecule has 0 saturated heterocycles. The monoisotopic (exact) mass is 394 g/mol. The molecular formula is C24H42O4. The highest BCUT2D eigenvalue weighted by Gasteiger charge is 2.65. The van der Waals surface area contributed by atoms with Crippen molar-refractivity contribution in [3.05, 3.63) is 0 Å². The van der Waals surface area contributed by atoms with Gasteiger partial charge in [-0.25, -0.2) is 0 Å². The summed E-state index contributed by atoms with van der Waals surface area (Å²) in [5.74, 6) is 2.41. The minimum Gasteiger partial charge on any atom is -0.396 e. The lowest BCUT2D eigenvalue weighted by molar-refractivity contribution is -0.207. The van der Waals surface area contributed by atoms with Crippen molar-refractivity contribution >= 4 is 0 Å². The van der Waals surface area contributed by atoms with E-state index in [4.69, 9.17) is 0 Å². The highest BCUT2D eigenvalue weighted by Crippen LogP contribution is 2.68. The van der Waals surface area contributed by atoms with E-state index in [9.17, 15) is 20.4 Å². The Hall–Kier alpha value is -0.160. The van der Waals surface area contributed by atoms with Crippen LogP contribution in [0.2, 0.25) is 0 Å². The van der Waals surface area contributed by atoms with E-state index >= 15 is 0 Å². The summed E-state index contributed by atoms with van der Waals surface area (Å²) in [6.07, 6.45) is 7.62. The first-order chi connectivity index (χ1) is 13.2. The van der Waals surface area contributed by atoms with Crippen LogP contribution in [0.5, 0.6) is 0 Å². The van der Waals surface area contributed by atoms with Crippen LogP contribution >= 0.6 is 0 Å². The molecule has 28 heavy (non-hydrogen) atoms. The summed E-state index contributed by atoms with van der Waals surface area (Å²) in [6, 6.07) is 0. The molecule has 0 aliphatic heterocycles. The molecule has 4 aliphatic carbocycles. The van der Waals surface area contributed by atoms with Gasteiger partial charge in [-0.05, 0) is 104 Å². The molecule has 0 aromatic heterocycles. The van der Waals surface area contributed by atoms with Crippen molar-refractivity contribution in [2.24, 2.45) is 46.3 Å². The maximum atomic E-state index is 11.5. The fraction of sp³-hybridized carbons (Fsp3) is 1.00. The molecule has 0 spiro atoms. The predicted molar refractivity (Wildman–Crippen MR) is 109 cm³/mol. The van der Waals surface area contributed by atoms with Crippen LogP contribution < -0.4 is 0 Å². The van der Waals surface area contributed by atoms with Gasteiger partial charge in [0.1, 0.15) is 0 Å². The minimum absolute atomic E-state index is 0.117. The number of hydrogen-bond donors (Lipinski definition) is 4. The molecule has 4 heteroatoms. The Balaban J connectivity index is 1.62. The molecule has 0 aromatic carbocycles. The molecule has 4 aliphatic rings. The molecule has 4 saturated carbocycles. The first kappa shape index (κ1) is 21.1. The van der Waals surface area contributed by atoms with E-state index in [1.165, 1.54) is 0 Å². The summed E-state index contributed by atoms with van der Waals surface area (Å²) in [6.45, 7) is 7.23. The van der Waals surface area contributed by atoms with Gasteiger partial charge in [0, 0.05) is 6.61 Å². The smallest absolute Gasteiger partial charge is 0.0602 e. The summed E-state index contributed by atoms with van der Waals surface area (Å²) in [5.41, 5.74) is 0.0282. The average Bonchev–Trinajstić information content (AvgIpc) is 3.01. The standard InChI is InChI=1S/C24H42O4/c1-14(5-4-10-25)17-6-7-18-22-19(13-21(28)24(17,18)3)23(2)9-8-16(26)11-15(23)12-20(22)27/h14-22,25-28H,4-13H2,1-3H3/t14-,15+,16+,17-,18+,19+,20-,21+,22+,23+,24-/m1/s1. The topological polar surface area (TPSA) is 80.9 Å². The number of hydrogen-bond acceptors (Lipinski definition) is 4. The highest BCUT2D eigenvalue weighted by atomic mass is 16.3. The quantitative estimate of drug-likeness (QED) is 0.589. The molecule has 0 bridgehead atoms. The Morgan fingerprint density at radius 3 is 2.43 bits per heavy atom. The molecule has 0 radical (unpaired) electrons. The summed E-state index contributed by atoms with van der Waals surface area (Å²) < 4.78 is 0. The number of fused-ring (bicyclic) bond motifs is 5. The fourth-order valence-electron chi connectivity index (χ4n) is 8.75. The Labute approximate surface area is 170 Å². The van der Waals surface area contributed by atoms with Crippen LogP contribution in [0.25, 0.3) is 0 Å². The second kappa shape index (κ2) is 7.51. The molecule has 0 amide bonds. The van der Waals surface area contributed by atoms with Gasteiger partial charge in [0.25, 0.3) is 0 Å². The molecular weight excluding hydrogens is 352 g/mol. The van der Waals surface area contributed by atoms with Gasteiger partial charge in [0.2, 0.25) is 0 Å². The van der Waals surface area contributed by atoms with Gasteiger partial charge in [-0.1, -0.05) is 20.8 Å². The molecule has 4 rings (SSSR count). The second-order valence-electron chi connectivity index (χ2n) is 11.4. The normalized spacial score (nSPS) is 54.5. The maximum absolute atomic E-state index is 11.5. The molecule has 162 valence electrons. The van der Waals surface area contributed by atoms with Crippen molar-refractivity contribution in [3.63, 3.8) is 0 Å². The Morgan fingerprint density at radius 1 is 0.964 bits per heavy atom. The van der Waals surface area contributed by atoms with E-state index in [2.05, 4.69) is 20.8 Å². The zero-order valence-electron chi connectivity index (χ0n) is 18.1. The second-order valence-corrected chi connectivity index (χ2v) is 11.4. The predicted octanol–water partition coefficient (Wildman–Crippen LogP) is 3.36. The van der Waals surface area contributed by atoms with Gasteiger partial charge < -0.3 is 20.4 Å². The summed E-state index contributed by atoms with van der Waals surface area (Å²) >= 11 is 0. The van der Waals surface area contributed by atoms with Crippen LogP contribution in [0.1, 0.15) is 78.6 Å². The average molecular weight is 395 g/mol. The third-order valence-corrected chi connectivity index (χ3v) is 10.3. The highest BCUT2D eigenvalue weighted by molar-refractivity contribution is 5.14. The first-order valence-electron chi connectivity index (χ1n) is 11.9. The summed E-state index contributed by atoms with van der Waals surface area (Å²) in [4.78, 5) is 0. The van der Waals surface area contributed by atoms with Gasteiger partial charge in [-0.2, -0.15) is 0 Å². The molecule has 4 nitrogen and oxygen atoms in total. The number of rotatable bonds is 4. The first-order valence-corrected chi connectivity index (χ1v) is 11.9. The zero-order valence-corrected chi connectivity index (χ0v) is 18.1. The Kier molecular flexibility index (Phi) is 5.66. The minimum atomic E-state index is -0.308. The van der Waals surface area contributed by atoms with Crippen LogP contribution in [0.15, 0.2) is 0 Å². The van der Waals surface area contributed by atoms with E-state index < -0.39 is 0 Å². The van der Waals surface area contributed by atoms with Crippen LogP contribution in [-0.2, 0) is 0 Å². The molecule has 0 unspecified atom stereocenters. The van der Waals surface area contributed by atoms with Crippen LogP contribution in [-0.4, -0.2) is 45.3 Å². The largest absolute Gasteiger partial charge is 0.396 e. The van der Waals surface area contributed by atoms with Crippen molar-refractivity contribution < 1.29 is 20.4 Å². The van der Waals surface area contributed by atoms with Gasteiger partial charge >= 0.3 is 0 Å². The molecule has 11 atom stereocenters. The summed E-state index contributed by atoms with van der Waals surface area (Å²) in [7, 11) is 0. The van der Waals surface area contributed by atoms with Gasteiger partial charge in [0.15, 0.2) is 0 Å². The molecule has 0 aromatic rings. The van der Waals surface area contributed by atoms with Crippen LogP contribution in [0.4, 0.5) is 0 Å². The zero-order chi connectivity index (χ0) is 20.3. The van der Waals surface area contributed by atoms with Crippen LogP contribution in [0.3, 0.4) is 0 Å². The third-order valence-electron chi connectivity index (χ3n) is 10.3. The van der Waals surface area contributed by atoms with Crippen LogP contribution in [0, 0.1) is 46.3 Å². The van der Waals surface area contributed by atoms with E-state index in [-0.39, 0.29) is 35.7 Å². The molecule has 0 heterocycles. The number of aliphatic hydroxyl groups excluding tert-OH is 4. The molecule has 4 N–H and O–H groups in total. The Bertz CT molecular complexity index is 567. The SMILES string of the molecule is C[C@H](CCCO)[C@H]1CC[C@H]2[C@@H]3[C@H](O)C[C@@H]4C[C@@H](O)CC[C@]4(C)[C@H]3C[C@H](O)[C@]12C. The van der Waals surface area contributed by atoms with E-state index in [1.54, 1.807) is 0 Å². The third kappa shape index (κ3) is 3.01. The maximum Gasteiger partial charge on any atom is 0.0602 e. The summed E-state index contributed by atoms with van der Waals surface area (Å²) in [5, 5.41) is 42.2. The van der Waals surface area contributed by atoms with Crippen molar-refractivity contribution in [1.29, 1.82) is 0 Å². The van der Waals surface area contributed by atoms with Crippen molar-refractivity contribution in [2.75, 3.05) is 6.61 Å². The van der Waals surface area contributed by atoms with Gasteiger partial charge in [-0.3, -0.25) is 0 Å². The van der Waals surface area contributed by atoms with E-state index in [0.717, 1.165) is 57.8 Å².